The van der Waals surface area contributed by atoms with E-state index in [-0.39, 0.29) is 48.6 Å². The second-order valence-corrected chi connectivity index (χ2v) is 14.0. The zero-order valence-corrected chi connectivity index (χ0v) is 29.1. The van der Waals surface area contributed by atoms with Crippen LogP contribution in [0.5, 0.6) is 11.5 Å². The third-order valence-corrected chi connectivity index (χ3v) is 10.6. The SMILES string of the molecule is CC[C@H]1C#CC[C@H]([C@H](O)CCc2ccc(O)c(O[C@@H]3[C@@H](O)[C@@H](O)CC[C@@H]3[C@H](Cc3ccc[n-]3)c3ccnc(N)c3)c2)[C@@H](OCCO)CCCC1. The number of nitrogens with two attached hydrogens (primary N) is 1. The predicted octanol–water partition coefficient (Wildman–Crippen LogP) is 4.51. The number of aliphatic hydroxyl groups is 4. The molecule has 3 aromatic rings. The summed E-state index contributed by atoms with van der Waals surface area (Å²) < 4.78 is 12.5. The first-order valence-corrected chi connectivity index (χ1v) is 18.3. The maximum atomic E-state index is 11.5. The summed E-state index contributed by atoms with van der Waals surface area (Å²) in [5, 5.41) is 54.0. The molecule has 0 amide bonds. The number of hydrogen-bond donors (Lipinski definition) is 6. The van der Waals surface area contributed by atoms with Crippen molar-refractivity contribution in [3.8, 4) is 23.3 Å². The van der Waals surface area contributed by atoms with Crippen molar-refractivity contribution in [1.29, 1.82) is 0 Å². The smallest absolute Gasteiger partial charge is 0.161 e. The lowest BCUT2D eigenvalue weighted by molar-refractivity contribution is -0.104. The number of ether oxygens (including phenoxy) is 2. The summed E-state index contributed by atoms with van der Waals surface area (Å²) in [7, 11) is 0. The monoisotopic (exact) mass is 688 g/mol. The van der Waals surface area contributed by atoms with Crippen LogP contribution in [0.15, 0.2) is 54.9 Å². The Morgan fingerprint density at radius 1 is 1.06 bits per heavy atom. The number of anilines is 1. The van der Waals surface area contributed by atoms with E-state index in [1.165, 1.54) is 0 Å². The highest BCUT2D eigenvalue weighted by atomic mass is 16.5. The predicted molar refractivity (Wildman–Crippen MR) is 191 cm³/mol. The second-order valence-electron chi connectivity index (χ2n) is 14.0. The molecule has 10 nitrogen and oxygen atoms in total. The van der Waals surface area contributed by atoms with Crippen LogP contribution in [-0.2, 0) is 17.6 Å². The van der Waals surface area contributed by atoms with Gasteiger partial charge in [-0.2, -0.15) is 11.9 Å². The molecule has 0 spiro atoms. The van der Waals surface area contributed by atoms with E-state index in [0.29, 0.717) is 50.3 Å². The number of benzene rings is 1. The fourth-order valence-electron chi connectivity index (χ4n) is 7.71. The van der Waals surface area contributed by atoms with Crippen LogP contribution >= 0.6 is 0 Å². The maximum Gasteiger partial charge on any atom is 0.161 e. The Balaban J connectivity index is 1.34. The molecule has 50 heavy (non-hydrogen) atoms. The van der Waals surface area contributed by atoms with Gasteiger partial charge in [0.05, 0.1) is 31.5 Å². The molecule has 272 valence electrons. The number of aryl methyl sites for hydroxylation is 1. The van der Waals surface area contributed by atoms with Crippen molar-refractivity contribution >= 4 is 5.82 Å². The number of rotatable bonds is 14. The Kier molecular flexibility index (Phi) is 14.0. The van der Waals surface area contributed by atoms with Crippen LogP contribution < -0.4 is 15.5 Å². The van der Waals surface area contributed by atoms with E-state index in [2.05, 4.69) is 28.7 Å². The van der Waals surface area contributed by atoms with Gasteiger partial charge in [-0.25, -0.2) is 4.98 Å². The van der Waals surface area contributed by atoms with Gasteiger partial charge in [0.25, 0.3) is 0 Å². The van der Waals surface area contributed by atoms with E-state index in [4.69, 9.17) is 15.2 Å². The van der Waals surface area contributed by atoms with Gasteiger partial charge in [0, 0.05) is 30.4 Å². The Bertz CT molecular complexity index is 1520. The van der Waals surface area contributed by atoms with E-state index >= 15 is 0 Å². The third kappa shape index (κ3) is 10.0. The van der Waals surface area contributed by atoms with Crippen molar-refractivity contribution in [3.05, 3.63) is 71.7 Å². The summed E-state index contributed by atoms with van der Waals surface area (Å²) >= 11 is 0. The van der Waals surface area contributed by atoms with Crippen LogP contribution in [0.1, 0.15) is 87.4 Å². The third-order valence-electron chi connectivity index (χ3n) is 10.6. The molecule has 0 unspecified atom stereocenters. The molecule has 2 heterocycles. The quantitative estimate of drug-likeness (QED) is 0.132. The van der Waals surface area contributed by atoms with E-state index in [9.17, 15) is 25.5 Å². The average molecular weight is 689 g/mol. The van der Waals surface area contributed by atoms with Crippen LogP contribution in [0, 0.1) is 29.6 Å². The summed E-state index contributed by atoms with van der Waals surface area (Å²) in [5.41, 5.74) is 8.77. The minimum Gasteiger partial charge on any atom is -0.668 e. The van der Waals surface area contributed by atoms with Crippen LogP contribution in [-0.4, -0.2) is 74.3 Å². The highest BCUT2D eigenvalue weighted by Gasteiger charge is 2.43. The molecule has 0 aliphatic heterocycles. The van der Waals surface area contributed by atoms with Crippen molar-refractivity contribution in [2.75, 3.05) is 18.9 Å². The number of pyridine rings is 1. The molecule has 0 radical (unpaired) electrons. The number of phenolic OH excluding ortho intramolecular Hbond substituents is 1. The Hall–Kier alpha value is -3.59. The van der Waals surface area contributed by atoms with Gasteiger partial charge in [-0.05, 0) is 92.7 Å². The molecule has 9 atom stereocenters. The van der Waals surface area contributed by atoms with Gasteiger partial charge in [-0.3, -0.25) is 0 Å². The van der Waals surface area contributed by atoms with Crippen molar-refractivity contribution in [3.63, 3.8) is 0 Å². The molecule has 5 rings (SSSR count). The molecule has 2 aromatic heterocycles. The van der Waals surface area contributed by atoms with Gasteiger partial charge in [0.15, 0.2) is 11.5 Å². The summed E-state index contributed by atoms with van der Waals surface area (Å²) in [6.07, 6.45) is 7.45. The van der Waals surface area contributed by atoms with Gasteiger partial charge in [-0.15, -0.1) is 5.92 Å². The van der Waals surface area contributed by atoms with Gasteiger partial charge >= 0.3 is 0 Å². The summed E-state index contributed by atoms with van der Waals surface area (Å²) in [6, 6.07) is 12.7. The standard InChI is InChI=1S/C40H54N3O7/c1-2-26-7-3-4-11-36(49-22-21-44)31(10-5-8-26)33(45)15-12-27-13-16-34(46)37(23-27)50-40-30(14-17-35(47)39(40)48)32(25-29-9-6-19-42-29)28-18-20-43-38(41)24-28/h6,9,13,16,18-20,23-24,26,30-33,35-36,39-40,44-48H,2-4,7,10-12,14-15,17,21-22,25H2,1H3,(H2,41,43)/q-1/t26-,30-,31-,32-,33-,35+,36+,39+,40+/m1/s1. The molecule has 2 aliphatic carbocycles. The van der Waals surface area contributed by atoms with E-state index in [1.54, 1.807) is 30.6 Å². The highest BCUT2D eigenvalue weighted by Crippen LogP contribution is 2.42. The Morgan fingerprint density at radius 3 is 2.66 bits per heavy atom. The van der Waals surface area contributed by atoms with Gasteiger partial charge in [-0.1, -0.05) is 43.9 Å². The zero-order valence-electron chi connectivity index (χ0n) is 29.1. The first-order valence-electron chi connectivity index (χ1n) is 18.3. The van der Waals surface area contributed by atoms with Crippen molar-refractivity contribution in [1.82, 2.24) is 9.97 Å². The number of nitrogen functional groups attached to an aromatic ring is 1. The Labute approximate surface area is 296 Å². The van der Waals surface area contributed by atoms with Crippen LogP contribution in [0.2, 0.25) is 0 Å². The van der Waals surface area contributed by atoms with Crippen molar-refractivity contribution in [2.45, 2.75) is 114 Å². The molecule has 1 saturated carbocycles. The first-order chi connectivity index (χ1) is 24.3. The molecule has 10 heteroatoms. The topological polar surface area (TPSA) is 173 Å². The largest absolute Gasteiger partial charge is 0.668 e. The number of aromatic hydroxyl groups is 1. The maximum absolute atomic E-state index is 11.5. The molecular formula is C40H54N3O7-. The highest BCUT2D eigenvalue weighted by molar-refractivity contribution is 5.42. The number of aromatic nitrogens is 2. The lowest BCUT2D eigenvalue weighted by Crippen LogP contribution is -2.51. The fourth-order valence-corrected chi connectivity index (χ4v) is 7.71. The van der Waals surface area contributed by atoms with E-state index in [0.717, 1.165) is 48.9 Å². The minimum absolute atomic E-state index is 0.0749. The molecule has 7 N–H and O–H groups in total. The number of hydrogen-bond acceptors (Lipinski definition) is 9. The van der Waals surface area contributed by atoms with Crippen molar-refractivity contribution < 1.29 is 35.0 Å². The van der Waals surface area contributed by atoms with Crippen LogP contribution in [0.3, 0.4) is 0 Å². The lowest BCUT2D eigenvalue weighted by Gasteiger charge is -2.42. The molecule has 0 saturated heterocycles. The van der Waals surface area contributed by atoms with Gasteiger partial charge in [0.1, 0.15) is 18.0 Å². The second kappa shape index (κ2) is 18.6. The first kappa shape index (κ1) is 37.7. The number of phenols is 1. The molecule has 0 bridgehead atoms. The summed E-state index contributed by atoms with van der Waals surface area (Å²) in [5.74, 6) is 7.04. The molecule has 1 fully saturated rings. The summed E-state index contributed by atoms with van der Waals surface area (Å²) in [6.45, 7) is 2.31. The molecule has 1 aromatic carbocycles. The van der Waals surface area contributed by atoms with Crippen molar-refractivity contribution in [2.24, 2.45) is 17.8 Å². The van der Waals surface area contributed by atoms with Gasteiger partial charge < -0.3 is 45.7 Å². The van der Waals surface area contributed by atoms with Crippen LogP contribution in [0.4, 0.5) is 5.82 Å². The summed E-state index contributed by atoms with van der Waals surface area (Å²) in [4.78, 5) is 8.66. The van der Waals surface area contributed by atoms with Crippen LogP contribution in [0.25, 0.3) is 0 Å². The Morgan fingerprint density at radius 2 is 1.90 bits per heavy atom. The molecule has 2 aliphatic rings. The lowest BCUT2D eigenvalue weighted by atomic mass is 9.71. The average Bonchev–Trinajstić information content (AvgIpc) is 3.64. The van der Waals surface area contributed by atoms with Gasteiger partial charge in [0.2, 0.25) is 0 Å². The normalized spacial score (nSPS) is 27.1. The number of nitrogens with zero attached hydrogens (tertiary/aromatic N) is 2. The number of aliphatic hydroxyl groups excluding tert-OH is 4. The van der Waals surface area contributed by atoms with E-state index < -0.39 is 24.4 Å². The van der Waals surface area contributed by atoms with E-state index in [1.807, 2.05) is 24.3 Å². The fraction of sp³-hybridized carbons (Fsp3) is 0.575. The minimum atomic E-state index is -1.19. The zero-order chi connectivity index (χ0) is 35.5. The molecular weight excluding hydrogens is 634 g/mol.